The maximum Gasteiger partial charge on any atom is 0.138 e. The highest BCUT2D eigenvalue weighted by Gasteiger charge is 2.40. The first-order valence-corrected chi connectivity index (χ1v) is 7.13. The summed E-state index contributed by atoms with van der Waals surface area (Å²) >= 11 is 0. The van der Waals surface area contributed by atoms with Crippen LogP contribution in [0.5, 0.6) is 17.2 Å². The molecule has 0 aromatic heterocycles. The van der Waals surface area contributed by atoms with Crippen LogP contribution in [0.4, 0.5) is 0 Å². The Morgan fingerprint density at radius 3 is 2.95 bits per heavy atom. The van der Waals surface area contributed by atoms with Gasteiger partial charge < -0.3 is 14.2 Å². The predicted octanol–water partition coefficient (Wildman–Crippen LogP) is 3.86. The minimum atomic E-state index is 0.0413. The van der Waals surface area contributed by atoms with E-state index in [2.05, 4.69) is 12.6 Å². The molecule has 2 heterocycles. The minimum absolute atomic E-state index is 0.0413. The van der Waals surface area contributed by atoms with E-state index >= 15 is 0 Å². The Hall–Kier alpha value is -2.42. The van der Waals surface area contributed by atoms with Gasteiger partial charge in [0.15, 0.2) is 0 Å². The van der Waals surface area contributed by atoms with Crippen molar-refractivity contribution in [3.8, 4) is 17.2 Å². The number of hydrogen-bond donors (Lipinski definition) is 0. The van der Waals surface area contributed by atoms with Crippen molar-refractivity contribution in [2.45, 2.75) is 12.0 Å². The van der Waals surface area contributed by atoms with Crippen LogP contribution >= 0.6 is 0 Å². The molecule has 0 radical (unpaired) electrons. The molecule has 0 fully saturated rings. The summed E-state index contributed by atoms with van der Waals surface area (Å²) in [5, 5.41) is 0. The van der Waals surface area contributed by atoms with Crippen LogP contribution in [0.1, 0.15) is 23.1 Å². The standard InChI is InChI=1S/C18H16O3/c1-2-9-19-12-7-8-14-17(10-12)20-11-15-13-5-3-4-6-16(13)21-18(14)15/h2-8,10,15,18H,1,9,11H2/t15-,18-/m1/s1. The second-order valence-electron chi connectivity index (χ2n) is 5.29. The van der Waals surface area contributed by atoms with Crippen LogP contribution in [-0.2, 0) is 0 Å². The first kappa shape index (κ1) is 12.3. The molecular formula is C18H16O3. The minimum Gasteiger partial charge on any atom is -0.492 e. The molecular weight excluding hydrogens is 264 g/mol. The fourth-order valence-electron chi connectivity index (χ4n) is 3.03. The second kappa shape index (κ2) is 4.85. The van der Waals surface area contributed by atoms with Crippen LogP contribution in [-0.4, -0.2) is 13.2 Å². The number of rotatable bonds is 3. The first-order chi connectivity index (χ1) is 10.4. The normalized spacial score (nSPS) is 21.3. The van der Waals surface area contributed by atoms with Gasteiger partial charge >= 0.3 is 0 Å². The van der Waals surface area contributed by atoms with Crippen molar-refractivity contribution >= 4 is 0 Å². The third-order valence-corrected chi connectivity index (χ3v) is 4.02. The summed E-state index contributed by atoms with van der Waals surface area (Å²) in [6, 6.07) is 14.1. The number of fused-ring (bicyclic) bond motifs is 5. The van der Waals surface area contributed by atoms with Crippen LogP contribution in [0.15, 0.2) is 55.1 Å². The molecule has 106 valence electrons. The lowest BCUT2D eigenvalue weighted by molar-refractivity contribution is 0.139. The highest BCUT2D eigenvalue weighted by Crippen LogP contribution is 2.51. The molecule has 3 nitrogen and oxygen atoms in total. The molecule has 2 aliphatic rings. The van der Waals surface area contributed by atoms with Crippen LogP contribution in [0.25, 0.3) is 0 Å². The van der Waals surface area contributed by atoms with Crippen molar-refractivity contribution in [2.75, 3.05) is 13.2 Å². The van der Waals surface area contributed by atoms with E-state index in [1.54, 1.807) is 6.08 Å². The highest BCUT2D eigenvalue weighted by molar-refractivity contribution is 5.50. The fraction of sp³-hybridized carbons (Fsp3) is 0.222. The van der Waals surface area contributed by atoms with Crippen molar-refractivity contribution in [2.24, 2.45) is 0 Å². The van der Waals surface area contributed by atoms with Gasteiger partial charge in [-0.1, -0.05) is 30.9 Å². The van der Waals surface area contributed by atoms with Crippen molar-refractivity contribution in [3.63, 3.8) is 0 Å². The van der Waals surface area contributed by atoms with Crippen LogP contribution in [0.3, 0.4) is 0 Å². The molecule has 2 aromatic carbocycles. The van der Waals surface area contributed by atoms with Gasteiger partial charge in [-0.15, -0.1) is 0 Å². The molecule has 21 heavy (non-hydrogen) atoms. The summed E-state index contributed by atoms with van der Waals surface area (Å²) in [7, 11) is 0. The maximum atomic E-state index is 6.12. The summed E-state index contributed by atoms with van der Waals surface area (Å²) in [5.41, 5.74) is 2.33. The summed E-state index contributed by atoms with van der Waals surface area (Å²) in [4.78, 5) is 0. The van der Waals surface area contributed by atoms with Crippen LogP contribution in [0, 0.1) is 0 Å². The molecule has 0 saturated carbocycles. The molecule has 0 aliphatic carbocycles. The monoisotopic (exact) mass is 280 g/mol. The topological polar surface area (TPSA) is 27.7 Å². The van der Waals surface area contributed by atoms with Gasteiger partial charge in [0.1, 0.15) is 30.0 Å². The summed E-state index contributed by atoms with van der Waals surface area (Å²) < 4.78 is 17.6. The lowest BCUT2D eigenvalue weighted by Crippen LogP contribution is -2.23. The smallest absolute Gasteiger partial charge is 0.138 e. The number of ether oxygens (including phenoxy) is 3. The van der Waals surface area contributed by atoms with Gasteiger partial charge in [-0.3, -0.25) is 0 Å². The van der Waals surface area contributed by atoms with Crippen LogP contribution in [0.2, 0.25) is 0 Å². The molecule has 0 saturated heterocycles. The van der Waals surface area contributed by atoms with E-state index in [4.69, 9.17) is 14.2 Å². The number of para-hydroxylation sites is 1. The fourth-order valence-corrected chi connectivity index (χ4v) is 3.03. The Bertz CT molecular complexity index is 693. The van der Waals surface area contributed by atoms with E-state index in [0.29, 0.717) is 13.2 Å². The van der Waals surface area contributed by atoms with E-state index in [9.17, 15) is 0 Å². The zero-order valence-corrected chi connectivity index (χ0v) is 11.6. The molecule has 0 amide bonds. The lowest BCUT2D eigenvalue weighted by Gasteiger charge is -2.28. The third-order valence-electron chi connectivity index (χ3n) is 4.02. The van der Waals surface area contributed by atoms with Gasteiger partial charge in [0, 0.05) is 17.2 Å². The maximum absolute atomic E-state index is 6.12. The summed E-state index contributed by atoms with van der Waals surface area (Å²) in [5.74, 6) is 2.89. The van der Waals surface area contributed by atoms with Gasteiger partial charge in [-0.2, -0.15) is 0 Å². The largest absolute Gasteiger partial charge is 0.492 e. The van der Waals surface area contributed by atoms with E-state index in [0.717, 1.165) is 22.8 Å². The zero-order valence-electron chi connectivity index (χ0n) is 11.6. The molecule has 2 aromatic rings. The van der Waals surface area contributed by atoms with E-state index < -0.39 is 0 Å². The van der Waals surface area contributed by atoms with Crippen LogP contribution < -0.4 is 14.2 Å². The van der Waals surface area contributed by atoms with E-state index in [1.165, 1.54) is 5.56 Å². The Morgan fingerprint density at radius 1 is 1.14 bits per heavy atom. The zero-order chi connectivity index (χ0) is 14.2. The van der Waals surface area contributed by atoms with Crippen molar-refractivity contribution in [1.29, 1.82) is 0 Å². The Labute approximate surface area is 123 Å². The number of benzene rings is 2. The second-order valence-corrected chi connectivity index (χ2v) is 5.29. The van der Waals surface area contributed by atoms with Gasteiger partial charge in [0.05, 0.1) is 12.5 Å². The van der Waals surface area contributed by atoms with E-state index in [1.807, 2.05) is 36.4 Å². The van der Waals surface area contributed by atoms with Gasteiger partial charge in [0.2, 0.25) is 0 Å². The van der Waals surface area contributed by atoms with Crippen molar-refractivity contribution in [3.05, 3.63) is 66.2 Å². The lowest BCUT2D eigenvalue weighted by atomic mass is 9.89. The molecule has 2 aliphatic heterocycles. The van der Waals surface area contributed by atoms with Gasteiger partial charge in [-0.05, 0) is 18.2 Å². The molecule has 0 unspecified atom stereocenters. The summed E-state index contributed by atoms with van der Waals surface area (Å²) in [6.07, 6.45) is 1.77. The van der Waals surface area contributed by atoms with E-state index in [-0.39, 0.29) is 12.0 Å². The quantitative estimate of drug-likeness (QED) is 0.799. The van der Waals surface area contributed by atoms with Crippen molar-refractivity contribution < 1.29 is 14.2 Å². The van der Waals surface area contributed by atoms with Gasteiger partial charge in [-0.25, -0.2) is 0 Å². The SMILES string of the molecule is C=CCOc1ccc2c(c1)OC[C@@H]1c3ccccc3O[C@H]21. The average Bonchev–Trinajstić information content (AvgIpc) is 2.91. The average molecular weight is 280 g/mol. The molecule has 0 spiro atoms. The highest BCUT2D eigenvalue weighted by atomic mass is 16.5. The number of hydrogen-bond acceptors (Lipinski definition) is 3. The molecule has 0 N–H and O–H groups in total. The molecule has 3 heteroatoms. The molecule has 2 atom stereocenters. The third kappa shape index (κ3) is 1.97. The van der Waals surface area contributed by atoms with Crippen molar-refractivity contribution in [1.82, 2.24) is 0 Å². The molecule has 4 rings (SSSR count). The first-order valence-electron chi connectivity index (χ1n) is 7.13. The Morgan fingerprint density at radius 2 is 2.05 bits per heavy atom. The predicted molar refractivity (Wildman–Crippen MR) is 80.2 cm³/mol. The Balaban J connectivity index is 1.67. The summed E-state index contributed by atoms with van der Waals surface area (Å²) in [6.45, 7) is 4.78. The van der Waals surface area contributed by atoms with Gasteiger partial charge in [0.25, 0.3) is 0 Å². The Kier molecular flexibility index (Phi) is 2.85. The molecule has 0 bridgehead atoms.